The quantitative estimate of drug-likeness (QED) is 0.845. The van der Waals surface area contributed by atoms with Crippen LogP contribution in [0.2, 0.25) is 0 Å². The minimum Gasteiger partial charge on any atom is -0.378 e. The number of rotatable bonds is 4. The lowest BCUT2D eigenvalue weighted by molar-refractivity contribution is -0.121. The molecule has 3 rings (SSSR count). The summed E-state index contributed by atoms with van der Waals surface area (Å²) in [6.07, 6.45) is 3.86. The van der Waals surface area contributed by atoms with E-state index < -0.39 is 0 Å². The van der Waals surface area contributed by atoms with Crippen molar-refractivity contribution in [1.29, 1.82) is 0 Å². The summed E-state index contributed by atoms with van der Waals surface area (Å²) in [7, 11) is 0. The van der Waals surface area contributed by atoms with Crippen LogP contribution in [0.25, 0.3) is 0 Å². The van der Waals surface area contributed by atoms with E-state index in [9.17, 15) is 4.79 Å². The van der Waals surface area contributed by atoms with Crippen LogP contribution >= 0.6 is 11.3 Å². The van der Waals surface area contributed by atoms with E-state index in [0.29, 0.717) is 12.6 Å². The lowest BCUT2D eigenvalue weighted by atomic mass is 10.1. The van der Waals surface area contributed by atoms with Gasteiger partial charge in [-0.1, -0.05) is 0 Å². The molecule has 1 atom stereocenters. The predicted molar refractivity (Wildman–Crippen MR) is 76.7 cm³/mol. The van der Waals surface area contributed by atoms with Crippen molar-refractivity contribution in [2.75, 3.05) is 37.7 Å². The highest BCUT2D eigenvalue weighted by atomic mass is 32.1. The lowest BCUT2D eigenvalue weighted by Gasteiger charge is -2.33. The van der Waals surface area contributed by atoms with Crippen LogP contribution in [-0.4, -0.2) is 49.7 Å². The number of amides is 1. The summed E-state index contributed by atoms with van der Waals surface area (Å²) in [6, 6.07) is 4.02. The molecule has 2 fully saturated rings. The second-order valence-corrected chi connectivity index (χ2v) is 6.12. The van der Waals surface area contributed by atoms with E-state index in [1.807, 2.05) is 22.4 Å². The number of carbonyl (C=O) groups is 1. The third kappa shape index (κ3) is 3.16. The van der Waals surface area contributed by atoms with Crippen LogP contribution in [0.3, 0.4) is 0 Å². The Morgan fingerprint density at radius 3 is 3.05 bits per heavy atom. The third-order valence-corrected chi connectivity index (χ3v) is 4.75. The Hall–Kier alpha value is -0.910. The second kappa shape index (κ2) is 6.03. The van der Waals surface area contributed by atoms with Crippen molar-refractivity contribution in [1.82, 2.24) is 4.90 Å². The summed E-state index contributed by atoms with van der Waals surface area (Å²) >= 11 is 1.63. The Morgan fingerprint density at radius 2 is 2.37 bits per heavy atom. The molecule has 5 heteroatoms. The maximum atomic E-state index is 12.2. The van der Waals surface area contributed by atoms with Crippen molar-refractivity contribution in [3.8, 4) is 0 Å². The molecule has 104 valence electrons. The van der Waals surface area contributed by atoms with Gasteiger partial charge in [0, 0.05) is 26.2 Å². The molecule has 0 aromatic carbocycles. The lowest BCUT2D eigenvalue weighted by Crippen LogP contribution is -2.50. The van der Waals surface area contributed by atoms with E-state index in [4.69, 9.17) is 4.74 Å². The molecule has 2 aliphatic rings. The molecule has 1 aromatic rings. The van der Waals surface area contributed by atoms with Crippen molar-refractivity contribution in [2.24, 2.45) is 0 Å². The Bertz CT molecular complexity index is 415. The summed E-state index contributed by atoms with van der Waals surface area (Å²) in [6.45, 7) is 4.22. The zero-order chi connectivity index (χ0) is 13.1. The van der Waals surface area contributed by atoms with E-state index in [1.54, 1.807) is 11.3 Å². The van der Waals surface area contributed by atoms with Crippen molar-refractivity contribution in [3.63, 3.8) is 0 Å². The molecule has 1 aromatic heterocycles. The van der Waals surface area contributed by atoms with Crippen LogP contribution in [0, 0.1) is 0 Å². The van der Waals surface area contributed by atoms with Crippen molar-refractivity contribution >= 4 is 22.2 Å². The molecule has 0 N–H and O–H groups in total. The van der Waals surface area contributed by atoms with E-state index in [1.165, 1.54) is 12.8 Å². The summed E-state index contributed by atoms with van der Waals surface area (Å²) in [5.74, 6) is 0.223. The summed E-state index contributed by atoms with van der Waals surface area (Å²) in [5.41, 5.74) is 0. The molecular weight excluding hydrogens is 260 g/mol. The molecule has 0 unspecified atom stereocenters. The highest BCUT2D eigenvalue weighted by Crippen LogP contribution is 2.23. The number of thiophene rings is 1. The van der Waals surface area contributed by atoms with Gasteiger partial charge in [-0.2, -0.15) is 0 Å². The number of anilines is 1. The Balaban J connectivity index is 1.48. The summed E-state index contributed by atoms with van der Waals surface area (Å²) < 4.78 is 5.63. The van der Waals surface area contributed by atoms with Crippen LogP contribution in [-0.2, 0) is 9.53 Å². The van der Waals surface area contributed by atoms with Gasteiger partial charge in [0.2, 0.25) is 5.91 Å². The third-order valence-electron chi connectivity index (χ3n) is 3.86. The van der Waals surface area contributed by atoms with Crippen LogP contribution in [0.1, 0.15) is 19.3 Å². The average molecular weight is 280 g/mol. The van der Waals surface area contributed by atoms with Crippen molar-refractivity contribution in [3.05, 3.63) is 17.5 Å². The minimum absolute atomic E-state index is 0.223. The molecule has 0 radical (unpaired) electrons. The van der Waals surface area contributed by atoms with Crippen LogP contribution in [0.4, 0.5) is 5.00 Å². The van der Waals surface area contributed by atoms with Gasteiger partial charge in [-0.3, -0.25) is 9.69 Å². The van der Waals surface area contributed by atoms with Crippen molar-refractivity contribution < 1.29 is 9.53 Å². The summed E-state index contributed by atoms with van der Waals surface area (Å²) in [4.78, 5) is 16.3. The first-order valence-electron chi connectivity index (χ1n) is 7.01. The fraction of sp³-hybridized carbons (Fsp3) is 0.643. The Kier molecular flexibility index (Phi) is 4.15. The van der Waals surface area contributed by atoms with Gasteiger partial charge in [0.05, 0.1) is 17.6 Å². The molecule has 4 nitrogen and oxygen atoms in total. The molecule has 3 heterocycles. The zero-order valence-electron chi connectivity index (χ0n) is 11.1. The fourth-order valence-electron chi connectivity index (χ4n) is 2.77. The second-order valence-electron chi connectivity index (χ2n) is 5.20. The van der Waals surface area contributed by atoms with Gasteiger partial charge in [0.25, 0.3) is 0 Å². The number of ether oxygens (including phenoxy) is 1. The van der Waals surface area contributed by atoms with Gasteiger partial charge < -0.3 is 9.64 Å². The van der Waals surface area contributed by atoms with Gasteiger partial charge in [-0.25, -0.2) is 0 Å². The number of piperazine rings is 1. The number of hydrogen-bond donors (Lipinski definition) is 0. The number of nitrogens with zero attached hydrogens (tertiary/aromatic N) is 2. The van der Waals surface area contributed by atoms with Gasteiger partial charge in [-0.15, -0.1) is 11.3 Å². The highest BCUT2D eigenvalue weighted by Gasteiger charge is 2.26. The first-order valence-corrected chi connectivity index (χ1v) is 7.89. The maximum absolute atomic E-state index is 12.2. The monoisotopic (exact) mass is 280 g/mol. The Labute approximate surface area is 118 Å². The van der Waals surface area contributed by atoms with Gasteiger partial charge in [-0.05, 0) is 36.8 Å². The minimum atomic E-state index is 0.223. The molecule has 0 spiro atoms. The Morgan fingerprint density at radius 1 is 1.42 bits per heavy atom. The molecule has 0 saturated carbocycles. The van der Waals surface area contributed by atoms with Crippen LogP contribution < -0.4 is 4.90 Å². The van der Waals surface area contributed by atoms with Crippen LogP contribution in [0.5, 0.6) is 0 Å². The average Bonchev–Trinajstić information content (AvgIpc) is 3.10. The standard InChI is InChI=1S/C14H20N2O2S/c17-13-11-15(6-5-12-3-1-9-18-12)7-8-16(13)14-4-2-10-19-14/h2,4,10,12H,1,3,5-9,11H2/t12-/m1/s1. The van der Waals surface area contributed by atoms with E-state index >= 15 is 0 Å². The van der Waals surface area contributed by atoms with Crippen LogP contribution in [0.15, 0.2) is 17.5 Å². The normalized spacial score (nSPS) is 25.2. The molecular formula is C14H20N2O2S. The molecule has 2 aliphatic heterocycles. The summed E-state index contributed by atoms with van der Waals surface area (Å²) in [5, 5.41) is 3.09. The van der Waals surface area contributed by atoms with E-state index in [2.05, 4.69) is 4.90 Å². The predicted octanol–water partition coefficient (Wildman–Crippen LogP) is 1.97. The van der Waals surface area contributed by atoms with Gasteiger partial charge >= 0.3 is 0 Å². The topological polar surface area (TPSA) is 32.8 Å². The SMILES string of the molecule is O=C1CN(CC[C@H]2CCCO2)CCN1c1cccs1. The molecule has 0 aliphatic carbocycles. The fourth-order valence-corrected chi connectivity index (χ4v) is 3.54. The first kappa shape index (κ1) is 13.1. The smallest absolute Gasteiger partial charge is 0.241 e. The molecule has 1 amide bonds. The zero-order valence-corrected chi connectivity index (χ0v) is 11.9. The maximum Gasteiger partial charge on any atom is 0.241 e. The molecule has 19 heavy (non-hydrogen) atoms. The van der Waals surface area contributed by atoms with Crippen molar-refractivity contribution in [2.45, 2.75) is 25.4 Å². The van der Waals surface area contributed by atoms with E-state index in [-0.39, 0.29) is 5.91 Å². The highest BCUT2D eigenvalue weighted by molar-refractivity contribution is 7.14. The number of hydrogen-bond acceptors (Lipinski definition) is 4. The number of carbonyl (C=O) groups excluding carboxylic acids is 1. The molecule has 2 saturated heterocycles. The van der Waals surface area contributed by atoms with Gasteiger partial charge in [0.15, 0.2) is 0 Å². The largest absolute Gasteiger partial charge is 0.378 e. The van der Waals surface area contributed by atoms with Gasteiger partial charge in [0.1, 0.15) is 0 Å². The van der Waals surface area contributed by atoms with E-state index in [0.717, 1.165) is 37.7 Å². The first-order chi connectivity index (χ1) is 9.33. The molecule has 0 bridgehead atoms.